The predicted molar refractivity (Wildman–Crippen MR) is 70.1 cm³/mol. The molecule has 0 aliphatic carbocycles. The Labute approximate surface area is 100 Å². The number of thiophene rings is 1. The van der Waals surface area contributed by atoms with Crippen molar-refractivity contribution in [3.8, 4) is 11.1 Å². The fourth-order valence-electron chi connectivity index (χ4n) is 1.56. The summed E-state index contributed by atoms with van der Waals surface area (Å²) in [4.78, 5) is 4.84. The van der Waals surface area contributed by atoms with Crippen LogP contribution in [0.3, 0.4) is 0 Å². The SMILES string of the molecule is [C-]#[N+]c1cccc(-c2csc(C(C)C)c2)c1. The average molecular weight is 227 g/mol. The Bertz CT molecular complexity index is 532. The summed E-state index contributed by atoms with van der Waals surface area (Å²) in [6.45, 7) is 11.4. The van der Waals surface area contributed by atoms with Crippen LogP contribution in [0.5, 0.6) is 0 Å². The lowest BCUT2D eigenvalue weighted by molar-refractivity contribution is 0.890. The summed E-state index contributed by atoms with van der Waals surface area (Å²) in [5.74, 6) is 0.572. The highest BCUT2D eigenvalue weighted by atomic mass is 32.1. The van der Waals surface area contributed by atoms with Crippen molar-refractivity contribution in [2.75, 3.05) is 0 Å². The van der Waals surface area contributed by atoms with E-state index in [1.165, 1.54) is 10.4 Å². The Morgan fingerprint density at radius 3 is 2.62 bits per heavy atom. The van der Waals surface area contributed by atoms with Crippen LogP contribution in [0.15, 0.2) is 35.7 Å². The predicted octanol–water partition coefficient (Wildman–Crippen LogP) is 5.09. The van der Waals surface area contributed by atoms with Gasteiger partial charge in [-0.05, 0) is 34.6 Å². The smallest absolute Gasteiger partial charge is 0.187 e. The van der Waals surface area contributed by atoms with Gasteiger partial charge in [0.2, 0.25) is 0 Å². The molecule has 0 saturated carbocycles. The van der Waals surface area contributed by atoms with Crippen LogP contribution in [0, 0.1) is 6.57 Å². The first-order chi connectivity index (χ1) is 7.70. The third kappa shape index (κ3) is 2.15. The maximum Gasteiger partial charge on any atom is 0.187 e. The summed E-state index contributed by atoms with van der Waals surface area (Å²) < 4.78 is 0. The topological polar surface area (TPSA) is 4.36 Å². The molecule has 0 N–H and O–H groups in total. The Morgan fingerprint density at radius 2 is 2.00 bits per heavy atom. The molecule has 0 fully saturated rings. The van der Waals surface area contributed by atoms with Crippen LogP contribution < -0.4 is 0 Å². The molecule has 2 rings (SSSR count). The van der Waals surface area contributed by atoms with E-state index in [2.05, 4.69) is 36.2 Å². The highest BCUT2D eigenvalue weighted by Crippen LogP contribution is 2.31. The summed E-state index contributed by atoms with van der Waals surface area (Å²) in [6.07, 6.45) is 0. The van der Waals surface area contributed by atoms with Gasteiger partial charge in [0.25, 0.3) is 0 Å². The largest absolute Gasteiger partial charge is 0.238 e. The summed E-state index contributed by atoms with van der Waals surface area (Å²) >= 11 is 1.79. The first-order valence-electron chi connectivity index (χ1n) is 5.27. The fraction of sp³-hybridized carbons (Fsp3) is 0.214. The van der Waals surface area contributed by atoms with E-state index in [0.29, 0.717) is 11.6 Å². The Balaban J connectivity index is 2.39. The molecule has 0 amide bonds. The molecule has 0 spiro atoms. The molecular formula is C14H13NS. The minimum absolute atomic E-state index is 0.572. The van der Waals surface area contributed by atoms with Crippen LogP contribution >= 0.6 is 11.3 Å². The number of rotatable bonds is 2. The third-order valence-electron chi connectivity index (χ3n) is 2.50. The van der Waals surface area contributed by atoms with Gasteiger partial charge in [0.15, 0.2) is 5.69 Å². The lowest BCUT2D eigenvalue weighted by atomic mass is 10.1. The zero-order valence-electron chi connectivity index (χ0n) is 9.40. The Hall–Kier alpha value is -1.59. The van der Waals surface area contributed by atoms with Crippen LogP contribution in [0.25, 0.3) is 16.0 Å². The van der Waals surface area contributed by atoms with Gasteiger partial charge >= 0.3 is 0 Å². The van der Waals surface area contributed by atoms with Gasteiger partial charge in [-0.1, -0.05) is 32.0 Å². The first-order valence-corrected chi connectivity index (χ1v) is 6.15. The van der Waals surface area contributed by atoms with Gasteiger partial charge in [0.1, 0.15) is 0 Å². The summed E-state index contributed by atoms with van der Waals surface area (Å²) in [5.41, 5.74) is 3.06. The van der Waals surface area contributed by atoms with Gasteiger partial charge < -0.3 is 0 Å². The molecule has 1 aromatic heterocycles. The van der Waals surface area contributed by atoms with Gasteiger partial charge in [0.05, 0.1) is 6.57 Å². The van der Waals surface area contributed by atoms with Crippen LogP contribution in [0.2, 0.25) is 0 Å². The van der Waals surface area contributed by atoms with Gasteiger partial charge in [0, 0.05) is 4.88 Å². The zero-order valence-corrected chi connectivity index (χ0v) is 10.2. The van der Waals surface area contributed by atoms with Crippen LogP contribution in [-0.2, 0) is 0 Å². The van der Waals surface area contributed by atoms with Crippen molar-refractivity contribution in [1.82, 2.24) is 0 Å². The zero-order chi connectivity index (χ0) is 11.5. The minimum Gasteiger partial charge on any atom is -0.238 e. The molecule has 1 aromatic carbocycles. The van der Waals surface area contributed by atoms with E-state index in [1.807, 2.05) is 18.2 Å². The molecule has 16 heavy (non-hydrogen) atoms. The maximum absolute atomic E-state index is 7.00. The second kappa shape index (κ2) is 4.51. The Kier molecular flexibility index (Phi) is 3.07. The van der Waals surface area contributed by atoms with E-state index < -0.39 is 0 Å². The highest BCUT2D eigenvalue weighted by molar-refractivity contribution is 7.10. The van der Waals surface area contributed by atoms with Crippen molar-refractivity contribution in [3.63, 3.8) is 0 Å². The van der Waals surface area contributed by atoms with E-state index in [9.17, 15) is 0 Å². The number of hydrogen-bond donors (Lipinski definition) is 0. The van der Waals surface area contributed by atoms with Crippen molar-refractivity contribution in [1.29, 1.82) is 0 Å². The van der Waals surface area contributed by atoms with Gasteiger partial charge in [-0.25, -0.2) is 4.85 Å². The van der Waals surface area contributed by atoms with Crippen molar-refractivity contribution in [2.24, 2.45) is 0 Å². The standard InChI is InChI=1S/C14H13NS/c1-10(2)14-8-12(9-16-14)11-5-4-6-13(7-11)15-3/h4-10H,1-2H3. The quantitative estimate of drug-likeness (QED) is 0.629. The molecule has 0 bridgehead atoms. The van der Waals surface area contributed by atoms with E-state index in [-0.39, 0.29) is 0 Å². The molecule has 0 aliphatic heterocycles. The molecule has 80 valence electrons. The molecule has 1 nitrogen and oxygen atoms in total. The molecule has 0 atom stereocenters. The van der Waals surface area contributed by atoms with Gasteiger partial charge in [-0.15, -0.1) is 11.3 Å². The van der Waals surface area contributed by atoms with Crippen molar-refractivity contribution in [3.05, 3.63) is 52.0 Å². The number of hydrogen-bond acceptors (Lipinski definition) is 1. The molecule has 2 heteroatoms. The summed E-state index contributed by atoms with van der Waals surface area (Å²) in [5, 5.41) is 2.17. The van der Waals surface area contributed by atoms with E-state index >= 15 is 0 Å². The molecule has 2 aromatic rings. The monoisotopic (exact) mass is 227 g/mol. The lowest BCUT2D eigenvalue weighted by Gasteiger charge is -1.99. The molecular weight excluding hydrogens is 214 g/mol. The van der Waals surface area contributed by atoms with E-state index in [4.69, 9.17) is 6.57 Å². The normalized spacial score (nSPS) is 10.4. The van der Waals surface area contributed by atoms with E-state index in [1.54, 1.807) is 11.3 Å². The van der Waals surface area contributed by atoms with Crippen molar-refractivity contribution < 1.29 is 0 Å². The molecule has 0 saturated heterocycles. The second-order valence-corrected chi connectivity index (χ2v) is 5.00. The lowest BCUT2D eigenvalue weighted by Crippen LogP contribution is -1.79. The van der Waals surface area contributed by atoms with E-state index in [0.717, 1.165) is 5.56 Å². The van der Waals surface area contributed by atoms with Crippen LogP contribution in [-0.4, -0.2) is 0 Å². The average Bonchev–Trinajstić information content (AvgIpc) is 2.78. The summed E-state index contributed by atoms with van der Waals surface area (Å²) in [7, 11) is 0. The summed E-state index contributed by atoms with van der Waals surface area (Å²) in [6, 6.07) is 10.0. The Morgan fingerprint density at radius 1 is 1.19 bits per heavy atom. The highest BCUT2D eigenvalue weighted by Gasteiger charge is 2.05. The third-order valence-corrected chi connectivity index (χ3v) is 3.73. The first kappa shape index (κ1) is 10.9. The van der Waals surface area contributed by atoms with Crippen molar-refractivity contribution in [2.45, 2.75) is 19.8 Å². The van der Waals surface area contributed by atoms with Crippen LogP contribution in [0.1, 0.15) is 24.6 Å². The maximum atomic E-state index is 7.00. The fourth-order valence-corrected chi connectivity index (χ4v) is 2.50. The molecule has 0 unspecified atom stereocenters. The van der Waals surface area contributed by atoms with Gasteiger partial charge in [-0.3, -0.25) is 0 Å². The molecule has 0 radical (unpaired) electrons. The number of benzene rings is 1. The molecule has 1 heterocycles. The minimum atomic E-state index is 0.572. The van der Waals surface area contributed by atoms with Crippen LogP contribution in [0.4, 0.5) is 5.69 Å². The van der Waals surface area contributed by atoms with Crippen molar-refractivity contribution >= 4 is 17.0 Å². The second-order valence-electron chi connectivity index (χ2n) is 4.05. The molecule has 0 aliphatic rings. The van der Waals surface area contributed by atoms with Gasteiger partial charge in [-0.2, -0.15) is 0 Å². The number of nitrogens with zero attached hydrogens (tertiary/aromatic N) is 1.